The van der Waals surface area contributed by atoms with Crippen molar-refractivity contribution in [2.24, 2.45) is 11.8 Å². The molecular formula is C28H50I2N6O5. The molecule has 0 aromatic carbocycles. The molecule has 0 aliphatic carbocycles. The quantitative estimate of drug-likeness (QED) is 0.121. The number of hydroxylamine groups is 4. The van der Waals surface area contributed by atoms with E-state index in [1.54, 1.807) is 0 Å². The number of carbonyl (C=O) groups is 4. The summed E-state index contributed by atoms with van der Waals surface area (Å²) >= 11 is 4.05. The Kier molecular flexibility index (Phi) is 13.1. The number of nitrogens with zero attached hydrogens (tertiary/aromatic N) is 2. The average Bonchev–Trinajstić information content (AvgIpc) is 3.19. The maximum Gasteiger partial charge on any atom is 0.229 e. The molecule has 2 heterocycles. The van der Waals surface area contributed by atoms with E-state index in [-0.39, 0.29) is 35.5 Å². The van der Waals surface area contributed by atoms with Gasteiger partial charge >= 0.3 is 0 Å². The minimum Gasteiger partial charge on any atom is -0.356 e. The molecule has 2 saturated heterocycles. The standard InChI is InChI=1S/C28H50I2N6O5/c1-25(2)15-19(23(39)33-13-9-11-31-21(37)17-29)27(5,6)35(25)41-36-26(3,4)16-20(28(36,7)8)24(40)34-14-10-12-32-22(38)18-30/h19-20H,9-18H2,1-8H3,(H,31,37)(H,32,38)(H,33,39)(H,34,40). The molecule has 13 heteroatoms. The van der Waals surface area contributed by atoms with E-state index in [1.165, 1.54) is 0 Å². The molecule has 0 bridgehead atoms. The summed E-state index contributed by atoms with van der Waals surface area (Å²) in [4.78, 5) is 56.3. The number of nitrogens with one attached hydrogen (secondary N) is 4. The van der Waals surface area contributed by atoms with E-state index in [9.17, 15) is 19.2 Å². The molecule has 4 amide bonds. The monoisotopic (exact) mass is 804 g/mol. The van der Waals surface area contributed by atoms with Gasteiger partial charge in [0.25, 0.3) is 0 Å². The van der Waals surface area contributed by atoms with Crippen LogP contribution >= 0.6 is 45.2 Å². The Hall–Kier alpha value is -0.780. The van der Waals surface area contributed by atoms with Crippen molar-refractivity contribution < 1.29 is 24.1 Å². The third kappa shape index (κ3) is 9.11. The van der Waals surface area contributed by atoms with Crippen molar-refractivity contribution in [1.29, 1.82) is 0 Å². The van der Waals surface area contributed by atoms with Gasteiger partial charge in [0.2, 0.25) is 23.6 Å². The lowest BCUT2D eigenvalue weighted by Crippen LogP contribution is -2.60. The van der Waals surface area contributed by atoms with Gasteiger partial charge < -0.3 is 21.3 Å². The molecule has 0 aromatic rings. The van der Waals surface area contributed by atoms with Gasteiger partial charge in [-0.05, 0) is 81.1 Å². The lowest BCUT2D eigenvalue weighted by Gasteiger charge is -2.48. The molecule has 2 aliphatic heterocycles. The van der Waals surface area contributed by atoms with Crippen LogP contribution in [0.2, 0.25) is 0 Å². The Labute approximate surface area is 272 Å². The van der Waals surface area contributed by atoms with Crippen molar-refractivity contribution in [2.45, 2.75) is 103 Å². The zero-order valence-electron chi connectivity index (χ0n) is 25.9. The molecular weight excluding hydrogens is 754 g/mol. The predicted octanol–water partition coefficient (Wildman–Crippen LogP) is 2.71. The lowest BCUT2D eigenvalue weighted by molar-refractivity contribution is -0.410. The van der Waals surface area contributed by atoms with Crippen LogP contribution in [0.3, 0.4) is 0 Å². The van der Waals surface area contributed by atoms with E-state index in [2.05, 4.69) is 49.0 Å². The fourth-order valence-corrected chi connectivity index (χ4v) is 6.78. The smallest absolute Gasteiger partial charge is 0.229 e. The Morgan fingerprint density at radius 2 is 0.951 bits per heavy atom. The summed E-state index contributed by atoms with van der Waals surface area (Å²) in [7, 11) is 0. The number of amides is 4. The highest BCUT2D eigenvalue weighted by Gasteiger charge is 2.61. The van der Waals surface area contributed by atoms with Gasteiger partial charge in [0.15, 0.2) is 0 Å². The van der Waals surface area contributed by atoms with Gasteiger partial charge in [0.05, 0.1) is 31.8 Å². The number of alkyl halides is 2. The highest BCUT2D eigenvalue weighted by atomic mass is 127. The second-order valence-corrected chi connectivity index (χ2v) is 14.9. The second kappa shape index (κ2) is 14.8. The van der Waals surface area contributed by atoms with Crippen LogP contribution < -0.4 is 21.3 Å². The SMILES string of the molecule is CC1(C)CC(C(=O)NCCCNC(=O)CI)C(C)(C)N1ON1C(C)(C)CC(C(=O)NCCCNC(=O)CI)C1(C)C. The normalized spacial score (nSPS) is 24.5. The van der Waals surface area contributed by atoms with Gasteiger partial charge in [-0.25, -0.2) is 4.94 Å². The molecule has 236 valence electrons. The summed E-state index contributed by atoms with van der Waals surface area (Å²) in [6.45, 7) is 18.5. The van der Waals surface area contributed by atoms with Gasteiger partial charge in [-0.15, -0.1) is 0 Å². The van der Waals surface area contributed by atoms with Crippen molar-refractivity contribution in [3.63, 3.8) is 0 Å². The molecule has 2 unspecified atom stereocenters. The number of hydrogen-bond acceptors (Lipinski definition) is 7. The van der Waals surface area contributed by atoms with Gasteiger partial charge in [0, 0.05) is 37.3 Å². The van der Waals surface area contributed by atoms with Crippen LogP contribution in [0, 0.1) is 11.8 Å². The minimum atomic E-state index is -0.613. The van der Waals surface area contributed by atoms with Crippen molar-refractivity contribution in [2.75, 3.05) is 35.0 Å². The Bertz CT molecular complexity index is 884. The molecule has 2 rings (SSSR count). The Balaban J connectivity index is 2.06. The number of rotatable bonds is 14. The minimum absolute atomic E-state index is 0.00645. The van der Waals surface area contributed by atoms with E-state index < -0.39 is 22.2 Å². The summed E-state index contributed by atoms with van der Waals surface area (Å²) in [5, 5.41) is 15.7. The van der Waals surface area contributed by atoms with Crippen LogP contribution in [0.15, 0.2) is 0 Å². The molecule has 11 nitrogen and oxygen atoms in total. The third-order valence-corrected chi connectivity index (χ3v) is 9.63. The van der Waals surface area contributed by atoms with Gasteiger partial charge in [-0.3, -0.25) is 19.2 Å². The van der Waals surface area contributed by atoms with Crippen molar-refractivity contribution in [3.8, 4) is 0 Å². The zero-order valence-corrected chi connectivity index (χ0v) is 30.2. The van der Waals surface area contributed by atoms with Crippen LogP contribution in [0.5, 0.6) is 0 Å². The molecule has 0 spiro atoms. The average molecular weight is 805 g/mol. The summed E-state index contributed by atoms with van der Waals surface area (Å²) in [5.41, 5.74) is -2.10. The van der Waals surface area contributed by atoms with E-state index in [4.69, 9.17) is 4.94 Å². The van der Waals surface area contributed by atoms with Crippen LogP contribution in [-0.4, -0.2) is 90.9 Å². The fourth-order valence-electron chi connectivity index (χ4n) is 6.24. The van der Waals surface area contributed by atoms with E-state index in [0.29, 0.717) is 60.7 Å². The number of hydrogen-bond donors (Lipinski definition) is 4. The van der Waals surface area contributed by atoms with Gasteiger partial charge in [0.1, 0.15) is 0 Å². The first kappa shape index (κ1) is 36.4. The maximum absolute atomic E-state index is 13.3. The largest absolute Gasteiger partial charge is 0.356 e. The summed E-state index contributed by atoms with van der Waals surface area (Å²) in [5.74, 6) is -0.673. The maximum atomic E-state index is 13.3. The van der Waals surface area contributed by atoms with Gasteiger partial charge in [-0.1, -0.05) is 45.2 Å². The van der Waals surface area contributed by atoms with Crippen molar-refractivity contribution in [3.05, 3.63) is 0 Å². The summed E-state index contributed by atoms with van der Waals surface area (Å²) in [6.07, 6.45) is 2.56. The molecule has 0 radical (unpaired) electrons. The van der Waals surface area contributed by atoms with E-state index in [0.717, 1.165) is 0 Å². The van der Waals surface area contributed by atoms with Gasteiger partial charge in [-0.2, -0.15) is 10.1 Å². The molecule has 0 aromatic heterocycles. The molecule has 2 atom stereocenters. The molecule has 4 N–H and O–H groups in total. The highest BCUT2D eigenvalue weighted by molar-refractivity contribution is 14.1. The number of halogens is 2. The third-order valence-electron chi connectivity index (χ3n) is 8.25. The Morgan fingerprint density at radius 1 is 0.634 bits per heavy atom. The van der Waals surface area contributed by atoms with Crippen LogP contribution in [0.1, 0.15) is 81.1 Å². The highest BCUT2D eigenvalue weighted by Crippen LogP contribution is 2.50. The second-order valence-electron chi connectivity index (χ2n) is 13.4. The van der Waals surface area contributed by atoms with E-state index >= 15 is 0 Å². The molecule has 2 fully saturated rings. The van der Waals surface area contributed by atoms with Crippen LogP contribution in [0.4, 0.5) is 0 Å². The van der Waals surface area contributed by atoms with Crippen molar-refractivity contribution in [1.82, 2.24) is 31.4 Å². The lowest BCUT2D eigenvalue weighted by atomic mass is 9.86. The first-order valence-electron chi connectivity index (χ1n) is 14.4. The van der Waals surface area contributed by atoms with E-state index in [1.807, 2.05) is 83.0 Å². The topological polar surface area (TPSA) is 132 Å². The predicted molar refractivity (Wildman–Crippen MR) is 176 cm³/mol. The van der Waals surface area contributed by atoms with Crippen LogP contribution in [0.25, 0.3) is 0 Å². The summed E-state index contributed by atoms with van der Waals surface area (Å²) in [6, 6.07) is 0. The number of carbonyl (C=O) groups excluding carboxylic acids is 4. The Morgan fingerprint density at radius 3 is 1.27 bits per heavy atom. The first-order valence-corrected chi connectivity index (χ1v) is 17.5. The summed E-state index contributed by atoms with van der Waals surface area (Å²) < 4.78 is 0.836. The van der Waals surface area contributed by atoms with Crippen molar-refractivity contribution >= 4 is 68.8 Å². The zero-order chi connectivity index (χ0) is 31.2. The van der Waals surface area contributed by atoms with Crippen LogP contribution in [-0.2, 0) is 24.1 Å². The first-order chi connectivity index (χ1) is 18.9. The molecule has 0 saturated carbocycles. The fraction of sp³-hybridized carbons (Fsp3) is 0.857. The molecule has 41 heavy (non-hydrogen) atoms. The molecule has 2 aliphatic rings.